The highest BCUT2D eigenvalue weighted by Gasteiger charge is 2.20. The zero-order valence-electron chi connectivity index (χ0n) is 9.08. The van der Waals surface area contributed by atoms with Crippen LogP contribution >= 0.6 is 11.6 Å². The Hall–Kier alpha value is -1.15. The van der Waals surface area contributed by atoms with Crippen LogP contribution in [-0.4, -0.2) is 10.2 Å². The van der Waals surface area contributed by atoms with Crippen LogP contribution in [0.3, 0.4) is 0 Å². The molecule has 0 bridgehead atoms. The third kappa shape index (κ3) is 1.82. The molecule has 2 aromatic rings. The van der Waals surface area contributed by atoms with E-state index in [0.717, 1.165) is 16.5 Å². The van der Waals surface area contributed by atoms with Crippen LogP contribution in [0.15, 0.2) is 24.3 Å². The lowest BCUT2D eigenvalue weighted by molar-refractivity contribution is 0.566. The van der Waals surface area contributed by atoms with Gasteiger partial charge in [-0.05, 0) is 0 Å². The van der Waals surface area contributed by atoms with E-state index in [1.807, 2.05) is 24.3 Å². The number of nitrogens with zero attached hydrogens (tertiary/aromatic N) is 2. The van der Waals surface area contributed by atoms with E-state index in [9.17, 15) is 0 Å². The van der Waals surface area contributed by atoms with Gasteiger partial charge in [0, 0.05) is 16.2 Å². The van der Waals surface area contributed by atoms with E-state index >= 15 is 0 Å². The Morgan fingerprint density at radius 1 is 1.00 bits per heavy atom. The molecule has 1 aromatic carbocycles. The van der Waals surface area contributed by atoms with Crippen molar-refractivity contribution in [2.45, 2.75) is 26.2 Å². The molecule has 0 aliphatic carbocycles. The maximum atomic E-state index is 6.01. The average Bonchev–Trinajstić information content (AvgIpc) is 2.17. The lowest BCUT2D eigenvalue weighted by Crippen LogP contribution is -2.15. The molecule has 15 heavy (non-hydrogen) atoms. The van der Waals surface area contributed by atoms with Crippen molar-refractivity contribution in [2.75, 3.05) is 0 Å². The van der Waals surface area contributed by atoms with E-state index < -0.39 is 0 Å². The van der Waals surface area contributed by atoms with Gasteiger partial charge in [0.2, 0.25) is 0 Å². The molecule has 2 rings (SSSR count). The van der Waals surface area contributed by atoms with Gasteiger partial charge in [0.1, 0.15) is 0 Å². The molecule has 0 amide bonds. The largest absolute Gasteiger partial charge is 0.159 e. The molecule has 0 N–H and O–H groups in total. The summed E-state index contributed by atoms with van der Waals surface area (Å²) in [6.07, 6.45) is 0. The van der Waals surface area contributed by atoms with Crippen LogP contribution in [-0.2, 0) is 5.41 Å². The first kappa shape index (κ1) is 10.4. The van der Waals surface area contributed by atoms with Crippen LogP contribution in [0, 0.1) is 0 Å². The van der Waals surface area contributed by atoms with Crippen molar-refractivity contribution < 1.29 is 0 Å². The number of fused-ring (bicyclic) bond motifs is 1. The highest BCUT2D eigenvalue weighted by molar-refractivity contribution is 6.34. The lowest BCUT2D eigenvalue weighted by Gasteiger charge is -2.19. The SMILES string of the molecule is CC(C)(C)c1nnc(Cl)c2ccccc12. The highest BCUT2D eigenvalue weighted by Crippen LogP contribution is 2.29. The summed E-state index contributed by atoms with van der Waals surface area (Å²) in [4.78, 5) is 0. The zero-order valence-corrected chi connectivity index (χ0v) is 9.84. The molecule has 1 heterocycles. The van der Waals surface area contributed by atoms with Crippen molar-refractivity contribution in [1.29, 1.82) is 0 Å². The first-order valence-corrected chi connectivity index (χ1v) is 5.29. The van der Waals surface area contributed by atoms with Crippen LogP contribution < -0.4 is 0 Å². The van der Waals surface area contributed by atoms with Crippen molar-refractivity contribution in [1.82, 2.24) is 10.2 Å². The summed E-state index contributed by atoms with van der Waals surface area (Å²) in [5.74, 6) is 0. The second-order valence-electron chi connectivity index (χ2n) is 4.64. The molecular weight excluding hydrogens is 208 g/mol. The first-order chi connectivity index (χ1) is 7.00. The molecular formula is C12H13ClN2. The number of benzene rings is 1. The fourth-order valence-electron chi connectivity index (χ4n) is 1.63. The van der Waals surface area contributed by atoms with Crippen LogP contribution in [0.2, 0.25) is 5.15 Å². The molecule has 0 atom stereocenters. The minimum absolute atomic E-state index is 0.0167. The van der Waals surface area contributed by atoms with Crippen molar-refractivity contribution in [3.05, 3.63) is 35.1 Å². The van der Waals surface area contributed by atoms with E-state index in [0.29, 0.717) is 5.15 Å². The zero-order chi connectivity index (χ0) is 11.1. The van der Waals surface area contributed by atoms with Gasteiger partial charge >= 0.3 is 0 Å². The van der Waals surface area contributed by atoms with Gasteiger partial charge in [0.05, 0.1) is 5.69 Å². The predicted octanol–water partition coefficient (Wildman–Crippen LogP) is 3.58. The van der Waals surface area contributed by atoms with Crippen molar-refractivity contribution >= 4 is 22.4 Å². The minimum atomic E-state index is -0.0167. The summed E-state index contributed by atoms with van der Waals surface area (Å²) >= 11 is 6.01. The molecule has 0 spiro atoms. The Labute approximate surface area is 94.3 Å². The number of rotatable bonds is 0. The van der Waals surface area contributed by atoms with E-state index in [1.54, 1.807) is 0 Å². The Morgan fingerprint density at radius 2 is 1.60 bits per heavy atom. The number of hydrogen-bond acceptors (Lipinski definition) is 2. The summed E-state index contributed by atoms with van der Waals surface area (Å²) in [6, 6.07) is 7.97. The molecule has 2 nitrogen and oxygen atoms in total. The number of aromatic nitrogens is 2. The fourth-order valence-corrected chi connectivity index (χ4v) is 1.83. The summed E-state index contributed by atoms with van der Waals surface area (Å²) in [5, 5.41) is 10.7. The quantitative estimate of drug-likeness (QED) is 0.678. The smallest absolute Gasteiger partial charge is 0.153 e. The summed E-state index contributed by atoms with van der Waals surface area (Å²) in [6.45, 7) is 6.37. The Balaban J connectivity index is 2.84. The highest BCUT2D eigenvalue weighted by atomic mass is 35.5. The molecule has 0 aliphatic rings. The third-order valence-electron chi connectivity index (χ3n) is 2.35. The van der Waals surface area contributed by atoms with Crippen LogP contribution in [0.4, 0.5) is 0 Å². The van der Waals surface area contributed by atoms with Crippen molar-refractivity contribution in [3.8, 4) is 0 Å². The van der Waals surface area contributed by atoms with Crippen LogP contribution in [0.5, 0.6) is 0 Å². The van der Waals surface area contributed by atoms with Crippen LogP contribution in [0.25, 0.3) is 10.8 Å². The van der Waals surface area contributed by atoms with E-state index in [-0.39, 0.29) is 5.41 Å². The lowest BCUT2D eigenvalue weighted by atomic mass is 9.89. The molecule has 0 saturated heterocycles. The maximum Gasteiger partial charge on any atom is 0.159 e. The summed E-state index contributed by atoms with van der Waals surface area (Å²) in [5.41, 5.74) is 0.972. The number of halogens is 1. The van der Waals surface area contributed by atoms with E-state index in [4.69, 9.17) is 11.6 Å². The standard InChI is InChI=1S/C12H13ClN2/c1-12(2,3)10-8-6-4-5-7-9(8)11(13)15-14-10/h4-7H,1-3H3. The van der Waals surface area contributed by atoms with Gasteiger partial charge in [-0.3, -0.25) is 0 Å². The predicted molar refractivity (Wildman–Crippen MR) is 63.2 cm³/mol. The molecule has 0 fully saturated rings. The first-order valence-electron chi connectivity index (χ1n) is 4.91. The molecule has 0 saturated carbocycles. The van der Waals surface area contributed by atoms with Gasteiger partial charge in [-0.15, -0.1) is 5.10 Å². The molecule has 0 unspecified atom stereocenters. The molecule has 0 radical (unpaired) electrons. The second-order valence-corrected chi connectivity index (χ2v) is 4.99. The maximum absolute atomic E-state index is 6.01. The van der Waals surface area contributed by atoms with Crippen molar-refractivity contribution in [3.63, 3.8) is 0 Å². The van der Waals surface area contributed by atoms with Gasteiger partial charge in [-0.25, -0.2) is 0 Å². The van der Waals surface area contributed by atoms with Gasteiger partial charge in [-0.1, -0.05) is 56.6 Å². The fraction of sp³-hybridized carbons (Fsp3) is 0.333. The number of hydrogen-bond donors (Lipinski definition) is 0. The van der Waals surface area contributed by atoms with E-state index in [2.05, 4.69) is 31.0 Å². The topological polar surface area (TPSA) is 25.8 Å². The minimum Gasteiger partial charge on any atom is -0.153 e. The molecule has 78 valence electrons. The molecule has 3 heteroatoms. The summed E-state index contributed by atoms with van der Waals surface area (Å²) < 4.78 is 0. The Kier molecular flexibility index (Phi) is 2.39. The molecule has 1 aromatic heterocycles. The van der Waals surface area contributed by atoms with Crippen molar-refractivity contribution in [2.24, 2.45) is 0 Å². The Bertz CT molecular complexity index is 500. The van der Waals surface area contributed by atoms with Gasteiger partial charge < -0.3 is 0 Å². The van der Waals surface area contributed by atoms with Gasteiger partial charge in [0.25, 0.3) is 0 Å². The Morgan fingerprint density at radius 3 is 2.20 bits per heavy atom. The summed E-state index contributed by atoms with van der Waals surface area (Å²) in [7, 11) is 0. The normalized spacial score (nSPS) is 12.0. The monoisotopic (exact) mass is 220 g/mol. The second kappa shape index (κ2) is 3.46. The van der Waals surface area contributed by atoms with Gasteiger partial charge in [0.15, 0.2) is 5.15 Å². The third-order valence-corrected chi connectivity index (χ3v) is 2.63. The average molecular weight is 221 g/mol. The van der Waals surface area contributed by atoms with E-state index in [1.165, 1.54) is 0 Å². The van der Waals surface area contributed by atoms with Gasteiger partial charge in [-0.2, -0.15) is 5.10 Å². The molecule has 0 aliphatic heterocycles. The van der Waals surface area contributed by atoms with Crippen LogP contribution in [0.1, 0.15) is 26.5 Å².